The molecule has 3 aromatic heterocycles. The smallest absolute Gasteiger partial charge is 0.264 e. The van der Waals surface area contributed by atoms with Crippen LogP contribution in [0, 0.1) is 0 Å². The monoisotopic (exact) mass is 351 g/mol. The number of nitrogens with zero attached hydrogens (tertiary/aromatic N) is 4. The molecule has 4 aromatic rings. The van der Waals surface area contributed by atoms with Gasteiger partial charge in [-0.15, -0.1) is 0 Å². The molecule has 0 saturated heterocycles. The number of nitrogens with one attached hydrogen (secondary N) is 3. The van der Waals surface area contributed by atoms with Gasteiger partial charge in [0.15, 0.2) is 11.5 Å². The molecule has 9 heteroatoms. The molecule has 0 bridgehead atoms. The van der Waals surface area contributed by atoms with E-state index in [2.05, 4.69) is 35.6 Å². The van der Waals surface area contributed by atoms with Crippen LogP contribution in [0.25, 0.3) is 22.5 Å². The molecule has 3 N–H and O–H groups in total. The Hall–Kier alpha value is -3.49. The van der Waals surface area contributed by atoms with Crippen LogP contribution in [0.3, 0.4) is 0 Å². The van der Waals surface area contributed by atoms with Gasteiger partial charge in [0.1, 0.15) is 11.2 Å². The van der Waals surface area contributed by atoms with E-state index in [-0.39, 0.29) is 11.0 Å². The average Bonchev–Trinajstić information content (AvgIpc) is 3.24. The molecule has 0 aliphatic heterocycles. The zero-order valence-corrected chi connectivity index (χ0v) is 14.5. The van der Waals surface area contributed by atoms with Crippen LogP contribution in [0.4, 0.5) is 11.5 Å². The lowest BCUT2D eigenvalue weighted by Gasteiger charge is -2.10. The zero-order chi connectivity index (χ0) is 18.3. The first-order valence-electron chi connectivity index (χ1n) is 8.05. The minimum Gasteiger partial charge on any atom is -0.340 e. The van der Waals surface area contributed by atoms with Gasteiger partial charge in [-0.2, -0.15) is 10.1 Å². The van der Waals surface area contributed by atoms with E-state index in [1.54, 1.807) is 0 Å². The third kappa shape index (κ3) is 2.83. The quantitative estimate of drug-likeness (QED) is 0.518. The maximum atomic E-state index is 12.0. The highest BCUT2D eigenvalue weighted by atomic mass is 16.5. The van der Waals surface area contributed by atoms with Crippen LogP contribution >= 0.6 is 0 Å². The van der Waals surface area contributed by atoms with Crippen molar-refractivity contribution in [3.8, 4) is 11.5 Å². The first-order valence-corrected chi connectivity index (χ1v) is 8.05. The van der Waals surface area contributed by atoms with Gasteiger partial charge in [-0.1, -0.05) is 25.9 Å². The maximum Gasteiger partial charge on any atom is 0.264 e. The topological polar surface area (TPSA) is 125 Å². The number of aromatic amines is 2. The summed E-state index contributed by atoms with van der Waals surface area (Å²) in [6.45, 7) is 6.08. The van der Waals surface area contributed by atoms with Gasteiger partial charge in [0.2, 0.25) is 0 Å². The van der Waals surface area contributed by atoms with Gasteiger partial charge in [-0.25, -0.2) is 4.98 Å². The largest absolute Gasteiger partial charge is 0.340 e. The number of benzene rings is 1. The van der Waals surface area contributed by atoms with E-state index in [1.165, 1.54) is 6.33 Å². The van der Waals surface area contributed by atoms with Crippen LogP contribution in [0.15, 0.2) is 39.9 Å². The van der Waals surface area contributed by atoms with Crippen LogP contribution in [0.2, 0.25) is 0 Å². The van der Waals surface area contributed by atoms with Crippen molar-refractivity contribution >= 4 is 22.5 Å². The second kappa shape index (κ2) is 5.80. The molecule has 0 fully saturated rings. The molecule has 0 aliphatic carbocycles. The average molecular weight is 351 g/mol. The summed E-state index contributed by atoms with van der Waals surface area (Å²) in [6.07, 6.45) is 1.32. The summed E-state index contributed by atoms with van der Waals surface area (Å²) in [5.41, 5.74) is 1.51. The summed E-state index contributed by atoms with van der Waals surface area (Å²) < 4.78 is 5.34. The molecule has 0 amide bonds. The number of anilines is 2. The Morgan fingerprint density at radius 3 is 2.62 bits per heavy atom. The van der Waals surface area contributed by atoms with E-state index in [4.69, 9.17) is 4.52 Å². The molecule has 132 valence electrons. The van der Waals surface area contributed by atoms with Crippen molar-refractivity contribution in [2.24, 2.45) is 0 Å². The number of fused-ring (bicyclic) bond motifs is 1. The van der Waals surface area contributed by atoms with Crippen molar-refractivity contribution in [2.75, 3.05) is 5.32 Å². The number of rotatable bonds is 3. The number of aromatic nitrogens is 6. The van der Waals surface area contributed by atoms with Gasteiger partial charge in [0.25, 0.3) is 11.4 Å². The SMILES string of the molecule is CC(C)(C)c1noc(-c2ccc(Nc3[nH]nc4nc[nH]c(=O)c34)cc2)n1. The minimum absolute atomic E-state index is 0.175. The predicted molar refractivity (Wildman–Crippen MR) is 96.2 cm³/mol. The molecule has 9 nitrogen and oxygen atoms in total. The molecule has 0 atom stereocenters. The van der Waals surface area contributed by atoms with Crippen molar-refractivity contribution in [3.05, 3.63) is 46.8 Å². The van der Waals surface area contributed by atoms with Crippen LogP contribution in [-0.2, 0) is 5.41 Å². The number of hydrogen-bond acceptors (Lipinski definition) is 7. The molecule has 0 aliphatic rings. The molecule has 26 heavy (non-hydrogen) atoms. The molecular weight excluding hydrogens is 334 g/mol. The molecular formula is C17H17N7O2. The number of hydrogen-bond donors (Lipinski definition) is 3. The zero-order valence-electron chi connectivity index (χ0n) is 14.5. The van der Waals surface area contributed by atoms with Crippen LogP contribution in [-0.4, -0.2) is 30.3 Å². The van der Waals surface area contributed by atoms with E-state index in [9.17, 15) is 4.79 Å². The second-order valence-electron chi connectivity index (χ2n) is 6.90. The Morgan fingerprint density at radius 1 is 1.15 bits per heavy atom. The normalized spacial score (nSPS) is 11.8. The van der Waals surface area contributed by atoms with E-state index < -0.39 is 0 Å². The van der Waals surface area contributed by atoms with Crippen molar-refractivity contribution in [1.82, 2.24) is 30.3 Å². The van der Waals surface area contributed by atoms with Gasteiger partial charge in [0, 0.05) is 16.7 Å². The summed E-state index contributed by atoms with van der Waals surface area (Å²) in [6, 6.07) is 7.44. The van der Waals surface area contributed by atoms with Gasteiger partial charge in [-0.3, -0.25) is 9.89 Å². The van der Waals surface area contributed by atoms with E-state index in [0.29, 0.717) is 28.6 Å². The lowest BCUT2D eigenvalue weighted by Crippen LogP contribution is -2.13. The minimum atomic E-state index is -0.261. The molecule has 0 radical (unpaired) electrons. The van der Waals surface area contributed by atoms with Crippen molar-refractivity contribution < 1.29 is 4.52 Å². The highest BCUT2D eigenvalue weighted by molar-refractivity contribution is 5.88. The summed E-state index contributed by atoms with van der Waals surface area (Å²) in [4.78, 5) is 22.9. The van der Waals surface area contributed by atoms with Crippen LogP contribution in [0.1, 0.15) is 26.6 Å². The van der Waals surface area contributed by atoms with E-state index in [0.717, 1.165) is 11.3 Å². The van der Waals surface area contributed by atoms with Gasteiger partial charge >= 0.3 is 0 Å². The highest BCUT2D eigenvalue weighted by Gasteiger charge is 2.21. The molecule has 0 spiro atoms. The van der Waals surface area contributed by atoms with Gasteiger partial charge in [0.05, 0.1) is 6.33 Å². The Labute approximate surface area is 147 Å². The summed E-state index contributed by atoms with van der Waals surface area (Å²) in [5, 5.41) is 14.3. The summed E-state index contributed by atoms with van der Waals surface area (Å²) in [5.74, 6) is 1.61. The first kappa shape index (κ1) is 16.0. The maximum absolute atomic E-state index is 12.0. The molecule has 1 aromatic carbocycles. The van der Waals surface area contributed by atoms with E-state index in [1.807, 2.05) is 45.0 Å². The van der Waals surface area contributed by atoms with Crippen molar-refractivity contribution in [2.45, 2.75) is 26.2 Å². The van der Waals surface area contributed by atoms with Gasteiger partial charge in [-0.05, 0) is 24.3 Å². The molecule has 0 unspecified atom stereocenters. The molecule has 0 saturated carbocycles. The Balaban J connectivity index is 1.60. The van der Waals surface area contributed by atoms with Crippen molar-refractivity contribution in [1.29, 1.82) is 0 Å². The standard InChI is InChI=1S/C17H17N7O2/c1-17(2,3)16-21-15(26-24-16)9-4-6-10(7-5-9)20-13-11-12(22-23-13)18-8-19-14(11)25/h4-8H,1-3H3,(H3,18,19,20,22,23,25). The summed E-state index contributed by atoms with van der Waals surface area (Å²) >= 11 is 0. The van der Waals surface area contributed by atoms with E-state index >= 15 is 0 Å². The summed E-state index contributed by atoms with van der Waals surface area (Å²) in [7, 11) is 0. The number of H-pyrrole nitrogens is 2. The Kier molecular flexibility index (Phi) is 3.57. The highest BCUT2D eigenvalue weighted by Crippen LogP contribution is 2.26. The first-order chi connectivity index (χ1) is 12.4. The van der Waals surface area contributed by atoms with Crippen LogP contribution in [0.5, 0.6) is 0 Å². The lowest BCUT2D eigenvalue weighted by molar-refractivity contribution is 0.402. The van der Waals surface area contributed by atoms with Gasteiger partial charge < -0.3 is 14.8 Å². The third-order valence-electron chi connectivity index (χ3n) is 3.85. The molecule has 4 rings (SSSR count). The van der Waals surface area contributed by atoms with Crippen molar-refractivity contribution in [3.63, 3.8) is 0 Å². The fraction of sp³-hybridized carbons (Fsp3) is 0.235. The lowest BCUT2D eigenvalue weighted by atomic mass is 9.96. The fourth-order valence-corrected chi connectivity index (χ4v) is 2.44. The fourth-order valence-electron chi connectivity index (χ4n) is 2.44. The molecule has 3 heterocycles. The van der Waals surface area contributed by atoms with Crippen LogP contribution < -0.4 is 10.9 Å². The Bertz CT molecular complexity index is 1120. The predicted octanol–water partition coefficient (Wildman–Crippen LogP) is 2.74. The Morgan fingerprint density at radius 2 is 1.92 bits per heavy atom. The third-order valence-corrected chi connectivity index (χ3v) is 3.85. The second-order valence-corrected chi connectivity index (χ2v) is 6.90.